The first-order valence-corrected chi connectivity index (χ1v) is 6.55. The van der Waals surface area contributed by atoms with Gasteiger partial charge in [-0.25, -0.2) is 0 Å². The minimum atomic E-state index is -0.120. The highest BCUT2D eigenvalue weighted by molar-refractivity contribution is 9.10. The van der Waals surface area contributed by atoms with Crippen LogP contribution in [0.25, 0.3) is 0 Å². The monoisotopic (exact) mass is 300 g/mol. The van der Waals surface area contributed by atoms with Crippen molar-refractivity contribution in [2.75, 3.05) is 32.8 Å². The molecule has 0 radical (unpaired) electrons. The maximum absolute atomic E-state index is 9.94. The lowest BCUT2D eigenvalue weighted by atomic mass is 10.0. The number of rotatable bonds is 3. The molecule has 5 heteroatoms. The molecule has 0 saturated carbocycles. The van der Waals surface area contributed by atoms with Gasteiger partial charge in [-0.05, 0) is 12.1 Å². The van der Waals surface area contributed by atoms with E-state index in [0.29, 0.717) is 0 Å². The molecule has 3 N–H and O–H groups in total. The quantitative estimate of drug-likeness (QED) is 0.782. The first-order valence-electron chi connectivity index (χ1n) is 5.76. The summed E-state index contributed by atoms with van der Waals surface area (Å²) in [5.74, 6) is 0.233. The van der Waals surface area contributed by atoms with Gasteiger partial charge in [0.2, 0.25) is 0 Å². The Bertz CT molecular complexity index is 381. The van der Waals surface area contributed by atoms with E-state index in [1.807, 2.05) is 12.1 Å². The molecule has 1 aromatic rings. The van der Waals surface area contributed by atoms with Crippen molar-refractivity contribution in [1.29, 1.82) is 0 Å². The summed E-state index contributed by atoms with van der Waals surface area (Å²) in [4.78, 5) is 2.19. The van der Waals surface area contributed by atoms with Crippen LogP contribution in [-0.4, -0.2) is 47.9 Å². The average Bonchev–Trinajstić information content (AvgIpc) is 2.34. The predicted octanol–water partition coefficient (Wildman–Crippen LogP) is 1.09. The standard InChI is InChI=1S/C12H17BrN2O2/c13-9-1-2-10(12(17)7-9)11(8-16)15-5-3-14-4-6-15/h1-2,7,11,14,16-17H,3-6,8H2/t11-/m1/s1. The van der Waals surface area contributed by atoms with Crippen molar-refractivity contribution < 1.29 is 10.2 Å². The zero-order chi connectivity index (χ0) is 12.3. The summed E-state index contributed by atoms with van der Waals surface area (Å²) < 4.78 is 0.843. The molecule has 1 aliphatic rings. The van der Waals surface area contributed by atoms with Crippen LogP contribution in [0.1, 0.15) is 11.6 Å². The molecule has 94 valence electrons. The first-order chi connectivity index (χ1) is 8.22. The van der Waals surface area contributed by atoms with E-state index < -0.39 is 0 Å². The molecular formula is C12H17BrN2O2. The van der Waals surface area contributed by atoms with Crippen LogP contribution < -0.4 is 5.32 Å². The highest BCUT2D eigenvalue weighted by Crippen LogP contribution is 2.30. The van der Waals surface area contributed by atoms with Gasteiger partial charge in [-0.3, -0.25) is 4.90 Å². The van der Waals surface area contributed by atoms with Crippen molar-refractivity contribution in [1.82, 2.24) is 10.2 Å². The lowest BCUT2D eigenvalue weighted by Gasteiger charge is -2.34. The highest BCUT2D eigenvalue weighted by Gasteiger charge is 2.23. The fraction of sp³-hybridized carbons (Fsp3) is 0.500. The van der Waals surface area contributed by atoms with E-state index in [9.17, 15) is 10.2 Å². The number of nitrogens with zero attached hydrogens (tertiary/aromatic N) is 1. The third-order valence-electron chi connectivity index (χ3n) is 3.12. The molecule has 0 spiro atoms. The Kier molecular flexibility index (Phi) is 4.39. The number of aliphatic hydroxyl groups excluding tert-OH is 1. The number of piperazine rings is 1. The zero-order valence-electron chi connectivity index (χ0n) is 9.56. The third kappa shape index (κ3) is 2.98. The van der Waals surface area contributed by atoms with Gasteiger partial charge < -0.3 is 15.5 Å². The molecule has 1 aromatic carbocycles. The Morgan fingerprint density at radius 2 is 2.06 bits per heavy atom. The van der Waals surface area contributed by atoms with Crippen molar-refractivity contribution in [2.45, 2.75) is 6.04 Å². The fourth-order valence-corrected chi connectivity index (χ4v) is 2.55. The van der Waals surface area contributed by atoms with Crippen LogP contribution in [0.4, 0.5) is 0 Å². The first kappa shape index (κ1) is 12.8. The van der Waals surface area contributed by atoms with E-state index in [0.717, 1.165) is 36.2 Å². The molecule has 1 atom stereocenters. The van der Waals surface area contributed by atoms with E-state index >= 15 is 0 Å². The number of nitrogens with one attached hydrogen (secondary N) is 1. The molecule has 1 fully saturated rings. The van der Waals surface area contributed by atoms with E-state index in [1.54, 1.807) is 6.07 Å². The minimum absolute atomic E-state index is 0.0230. The van der Waals surface area contributed by atoms with E-state index in [-0.39, 0.29) is 18.4 Å². The van der Waals surface area contributed by atoms with Gasteiger partial charge >= 0.3 is 0 Å². The molecular weight excluding hydrogens is 284 g/mol. The van der Waals surface area contributed by atoms with E-state index in [4.69, 9.17) is 0 Å². The topological polar surface area (TPSA) is 55.7 Å². The third-order valence-corrected chi connectivity index (χ3v) is 3.61. The molecule has 0 aliphatic carbocycles. The smallest absolute Gasteiger partial charge is 0.121 e. The minimum Gasteiger partial charge on any atom is -0.508 e. The van der Waals surface area contributed by atoms with Crippen LogP contribution in [0.15, 0.2) is 22.7 Å². The van der Waals surface area contributed by atoms with E-state index in [1.165, 1.54) is 0 Å². The number of aliphatic hydroxyl groups is 1. The van der Waals surface area contributed by atoms with Gasteiger partial charge in [0.1, 0.15) is 5.75 Å². The molecule has 0 aromatic heterocycles. The van der Waals surface area contributed by atoms with Crippen LogP contribution in [-0.2, 0) is 0 Å². The molecule has 0 unspecified atom stereocenters. The maximum Gasteiger partial charge on any atom is 0.121 e. The molecule has 0 amide bonds. The molecule has 1 aliphatic heterocycles. The number of hydrogen-bond donors (Lipinski definition) is 3. The molecule has 1 heterocycles. The highest BCUT2D eigenvalue weighted by atomic mass is 79.9. The summed E-state index contributed by atoms with van der Waals surface area (Å²) in [7, 11) is 0. The second-order valence-electron chi connectivity index (χ2n) is 4.19. The zero-order valence-corrected chi connectivity index (χ0v) is 11.2. The Balaban J connectivity index is 2.21. The van der Waals surface area contributed by atoms with Gasteiger partial charge in [0.15, 0.2) is 0 Å². The average molecular weight is 301 g/mol. The van der Waals surface area contributed by atoms with Crippen LogP contribution in [0, 0.1) is 0 Å². The summed E-state index contributed by atoms with van der Waals surface area (Å²) in [6.45, 7) is 3.65. The Labute approximate surface area is 109 Å². The number of aromatic hydroxyl groups is 1. The Morgan fingerprint density at radius 3 is 2.65 bits per heavy atom. The number of phenolic OH excluding ortho intramolecular Hbond substituents is 1. The van der Waals surface area contributed by atoms with Gasteiger partial charge in [-0.1, -0.05) is 22.0 Å². The number of benzene rings is 1. The van der Waals surface area contributed by atoms with Gasteiger partial charge in [0.05, 0.1) is 12.6 Å². The van der Waals surface area contributed by atoms with E-state index in [2.05, 4.69) is 26.1 Å². The molecule has 2 rings (SSSR count). The summed E-state index contributed by atoms with van der Waals surface area (Å²) in [6.07, 6.45) is 0. The van der Waals surface area contributed by atoms with Gasteiger partial charge in [0, 0.05) is 36.2 Å². The molecule has 17 heavy (non-hydrogen) atoms. The van der Waals surface area contributed by atoms with Crippen LogP contribution in [0.2, 0.25) is 0 Å². The Hall–Kier alpha value is -0.620. The van der Waals surface area contributed by atoms with Gasteiger partial charge in [-0.15, -0.1) is 0 Å². The van der Waals surface area contributed by atoms with Crippen molar-refractivity contribution in [2.24, 2.45) is 0 Å². The van der Waals surface area contributed by atoms with Crippen molar-refractivity contribution in [3.8, 4) is 5.75 Å². The molecule has 1 saturated heterocycles. The molecule has 0 bridgehead atoms. The summed E-state index contributed by atoms with van der Waals surface area (Å²) in [6, 6.07) is 5.30. The summed E-state index contributed by atoms with van der Waals surface area (Å²) in [5.41, 5.74) is 0.789. The predicted molar refractivity (Wildman–Crippen MR) is 70.1 cm³/mol. The van der Waals surface area contributed by atoms with Crippen LogP contribution >= 0.6 is 15.9 Å². The fourth-order valence-electron chi connectivity index (χ4n) is 2.20. The van der Waals surface area contributed by atoms with Crippen LogP contribution in [0.5, 0.6) is 5.75 Å². The molecule has 4 nitrogen and oxygen atoms in total. The summed E-state index contributed by atoms with van der Waals surface area (Å²) >= 11 is 3.32. The SMILES string of the molecule is OC[C@H](c1ccc(Br)cc1O)N1CCNCC1. The van der Waals surface area contributed by atoms with Gasteiger partial charge in [0.25, 0.3) is 0 Å². The van der Waals surface area contributed by atoms with Crippen molar-refractivity contribution >= 4 is 15.9 Å². The van der Waals surface area contributed by atoms with Crippen molar-refractivity contribution in [3.05, 3.63) is 28.2 Å². The van der Waals surface area contributed by atoms with Crippen molar-refractivity contribution in [3.63, 3.8) is 0 Å². The second kappa shape index (κ2) is 5.82. The summed E-state index contributed by atoms with van der Waals surface area (Å²) in [5, 5.41) is 22.8. The number of halogens is 1. The largest absolute Gasteiger partial charge is 0.508 e. The number of hydrogen-bond acceptors (Lipinski definition) is 4. The number of phenols is 1. The van der Waals surface area contributed by atoms with Gasteiger partial charge in [-0.2, -0.15) is 0 Å². The second-order valence-corrected chi connectivity index (χ2v) is 5.10. The lowest BCUT2D eigenvalue weighted by Crippen LogP contribution is -2.46. The maximum atomic E-state index is 9.94. The lowest BCUT2D eigenvalue weighted by molar-refractivity contribution is 0.109. The normalized spacial score (nSPS) is 19.2. The Morgan fingerprint density at radius 1 is 1.35 bits per heavy atom. The van der Waals surface area contributed by atoms with Crippen LogP contribution in [0.3, 0.4) is 0 Å².